The van der Waals surface area contributed by atoms with E-state index >= 15 is 0 Å². The van der Waals surface area contributed by atoms with Crippen LogP contribution in [0.2, 0.25) is 0 Å². The van der Waals surface area contributed by atoms with Gasteiger partial charge in [-0.15, -0.1) is 0 Å². The van der Waals surface area contributed by atoms with Crippen LogP contribution in [0.15, 0.2) is 4.47 Å². The summed E-state index contributed by atoms with van der Waals surface area (Å²) in [6.07, 6.45) is 0. The summed E-state index contributed by atoms with van der Waals surface area (Å²) in [6.45, 7) is 0.912. The summed E-state index contributed by atoms with van der Waals surface area (Å²) < 4.78 is 95.4. The molecule has 0 unspecified atom stereocenters. The Balaban J connectivity index is 2.73. The summed E-state index contributed by atoms with van der Waals surface area (Å²) in [4.78, 5) is 3.33. The lowest BCUT2D eigenvalue weighted by molar-refractivity contribution is 0.417. The van der Waals surface area contributed by atoms with E-state index in [1.54, 1.807) is 0 Å². The summed E-state index contributed by atoms with van der Waals surface area (Å²) in [5, 5.41) is -1.81. The van der Waals surface area contributed by atoms with Crippen LogP contribution in [0.3, 0.4) is 0 Å². The minimum atomic E-state index is -2.15. The summed E-state index contributed by atoms with van der Waals surface area (Å²) >= 11 is 2.66. The van der Waals surface area contributed by atoms with Crippen LogP contribution >= 0.6 is 15.9 Å². The molecule has 0 fully saturated rings. The Morgan fingerprint density at radius 3 is 1.61 bits per heavy atom. The second-order valence-electron chi connectivity index (χ2n) is 4.70. The average Bonchev–Trinajstić information content (AvgIpc) is 2.53. The van der Waals surface area contributed by atoms with Crippen molar-refractivity contribution in [3.8, 4) is 0 Å². The standard InChI is InChI=1S/C14H3BrF7N/c1-2-6(16)8(18)3-5(15)4-9(19)10(20)11(21)12(22)14(4)23-13(3)7(2)17/h1H3. The Bertz CT molecular complexity index is 938. The Morgan fingerprint density at radius 2 is 1.04 bits per heavy atom. The van der Waals surface area contributed by atoms with Gasteiger partial charge in [0.1, 0.15) is 11.0 Å². The van der Waals surface area contributed by atoms with Gasteiger partial charge in [-0.3, -0.25) is 0 Å². The first-order valence-electron chi connectivity index (χ1n) is 5.96. The Morgan fingerprint density at radius 1 is 0.609 bits per heavy atom. The largest absolute Gasteiger partial charge is 0.241 e. The van der Waals surface area contributed by atoms with Crippen molar-refractivity contribution in [1.82, 2.24) is 4.98 Å². The first-order valence-corrected chi connectivity index (χ1v) is 6.75. The summed E-state index contributed by atoms with van der Waals surface area (Å²) in [7, 11) is 0. The zero-order chi connectivity index (χ0) is 17.2. The van der Waals surface area contributed by atoms with E-state index in [9.17, 15) is 30.7 Å². The maximum Gasteiger partial charge on any atom is 0.199 e. The van der Waals surface area contributed by atoms with Crippen molar-refractivity contribution >= 4 is 37.7 Å². The van der Waals surface area contributed by atoms with E-state index in [0.29, 0.717) is 0 Å². The predicted octanol–water partition coefficient (Wildman–Crippen LogP) is 5.43. The monoisotopic (exact) mass is 397 g/mol. The average molecular weight is 398 g/mol. The fourth-order valence-corrected chi connectivity index (χ4v) is 2.95. The second-order valence-corrected chi connectivity index (χ2v) is 5.49. The number of nitrogens with zero attached hydrogens (tertiary/aromatic N) is 1. The van der Waals surface area contributed by atoms with E-state index in [0.717, 1.165) is 6.92 Å². The lowest BCUT2D eigenvalue weighted by atomic mass is 10.1. The molecule has 0 N–H and O–H groups in total. The van der Waals surface area contributed by atoms with Crippen LogP contribution in [0.1, 0.15) is 5.56 Å². The minimum Gasteiger partial charge on any atom is -0.241 e. The lowest BCUT2D eigenvalue weighted by Crippen LogP contribution is -2.04. The predicted molar refractivity (Wildman–Crippen MR) is 71.4 cm³/mol. The zero-order valence-corrected chi connectivity index (χ0v) is 12.6. The van der Waals surface area contributed by atoms with Crippen molar-refractivity contribution < 1.29 is 30.7 Å². The van der Waals surface area contributed by atoms with Gasteiger partial charge in [0.25, 0.3) is 0 Å². The molecule has 0 aliphatic rings. The third kappa shape index (κ3) is 1.95. The minimum absolute atomic E-state index is 0.678. The van der Waals surface area contributed by atoms with Crippen molar-refractivity contribution in [2.75, 3.05) is 0 Å². The van der Waals surface area contributed by atoms with Gasteiger partial charge < -0.3 is 0 Å². The topological polar surface area (TPSA) is 12.9 Å². The van der Waals surface area contributed by atoms with Crippen molar-refractivity contribution in [3.05, 3.63) is 50.8 Å². The van der Waals surface area contributed by atoms with Crippen molar-refractivity contribution in [2.24, 2.45) is 0 Å². The van der Waals surface area contributed by atoms with Crippen LogP contribution in [-0.2, 0) is 0 Å². The molecular weight excluding hydrogens is 395 g/mol. The number of pyridine rings is 1. The third-order valence-electron chi connectivity index (χ3n) is 3.42. The Kier molecular flexibility index (Phi) is 3.51. The summed E-state index contributed by atoms with van der Waals surface area (Å²) in [6, 6.07) is 0. The normalized spacial score (nSPS) is 11.7. The van der Waals surface area contributed by atoms with E-state index in [-0.39, 0.29) is 0 Å². The zero-order valence-electron chi connectivity index (χ0n) is 11.0. The fourth-order valence-electron chi connectivity index (χ4n) is 2.23. The molecule has 0 aliphatic heterocycles. The highest BCUT2D eigenvalue weighted by molar-refractivity contribution is 9.10. The third-order valence-corrected chi connectivity index (χ3v) is 4.21. The summed E-state index contributed by atoms with van der Waals surface area (Å²) in [5.41, 5.74) is -2.63. The van der Waals surface area contributed by atoms with Gasteiger partial charge in [-0.25, -0.2) is 35.7 Å². The molecule has 0 atom stereocenters. The van der Waals surface area contributed by atoms with Crippen LogP contribution < -0.4 is 0 Å². The van der Waals surface area contributed by atoms with Crippen molar-refractivity contribution in [1.29, 1.82) is 0 Å². The highest BCUT2D eigenvalue weighted by Gasteiger charge is 2.28. The summed E-state index contributed by atoms with van der Waals surface area (Å²) in [5.74, 6) is -12.5. The number of hydrogen-bond acceptors (Lipinski definition) is 1. The van der Waals surface area contributed by atoms with Gasteiger partial charge in [0.05, 0.1) is 10.8 Å². The number of rotatable bonds is 0. The SMILES string of the molecule is Cc1c(F)c(F)c2c(Br)c3c(F)c(F)c(F)c(F)c3nc2c1F. The van der Waals surface area contributed by atoms with Crippen molar-refractivity contribution in [2.45, 2.75) is 6.92 Å². The van der Waals surface area contributed by atoms with Crippen LogP contribution in [0, 0.1) is 47.6 Å². The maximum absolute atomic E-state index is 14.1. The number of hydrogen-bond donors (Lipinski definition) is 0. The quantitative estimate of drug-likeness (QED) is 0.213. The van der Waals surface area contributed by atoms with E-state index in [1.165, 1.54) is 0 Å². The van der Waals surface area contributed by atoms with Crippen LogP contribution in [0.5, 0.6) is 0 Å². The first-order chi connectivity index (χ1) is 10.7. The fraction of sp³-hybridized carbons (Fsp3) is 0.0714. The first kappa shape index (κ1) is 16.0. The molecule has 0 aliphatic carbocycles. The number of aromatic nitrogens is 1. The molecule has 3 aromatic rings. The van der Waals surface area contributed by atoms with Gasteiger partial charge in [0, 0.05) is 10.0 Å². The molecule has 3 rings (SSSR count). The molecule has 0 bridgehead atoms. The second kappa shape index (κ2) is 5.05. The molecule has 0 saturated carbocycles. The number of benzene rings is 2. The highest BCUT2D eigenvalue weighted by atomic mass is 79.9. The number of fused-ring (bicyclic) bond motifs is 2. The Labute approximate surface area is 131 Å². The van der Waals surface area contributed by atoms with Gasteiger partial charge in [-0.2, -0.15) is 0 Å². The van der Waals surface area contributed by atoms with E-state index < -0.39 is 72.6 Å². The van der Waals surface area contributed by atoms with Gasteiger partial charge in [-0.05, 0) is 22.9 Å². The molecule has 120 valence electrons. The van der Waals surface area contributed by atoms with E-state index in [1.807, 2.05) is 0 Å². The van der Waals surface area contributed by atoms with Crippen LogP contribution in [0.4, 0.5) is 30.7 Å². The molecule has 0 amide bonds. The van der Waals surface area contributed by atoms with Crippen molar-refractivity contribution in [3.63, 3.8) is 0 Å². The van der Waals surface area contributed by atoms with Gasteiger partial charge in [0.15, 0.2) is 40.7 Å². The lowest BCUT2D eigenvalue weighted by Gasteiger charge is -2.12. The molecule has 23 heavy (non-hydrogen) atoms. The molecular formula is C14H3BrF7N. The molecule has 1 heterocycles. The van der Waals surface area contributed by atoms with Crippen LogP contribution in [-0.4, -0.2) is 4.98 Å². The van der Waals surface area contributed by atoms with Crippen LogP contribution in [0.25, 0.3) is 21.8 Å². The van der Waals surface area contributed by atoms with Gasteiger partial charge in [-0.1, -0.05) is 0 Å². The molecule has 0 saturated heterocycles. The Hall–Kier alpha value is -1.90. The molecule has 2 aromatic carbocycles. The number of halogens is 8. The van der Waals surface area contributed by atoms with Gasteiger partial charge >= 0.3 is 0 Å². The molecule has 1 nitrogen and oxygen atoms in total. The maximum atomic E-state index is 14.1. The van der Waals surface area contributed by atoms with E-state index in [4.69, 9.17) is 0 Å². The van der Waals surface area contributed by atoms with Gasteiger partial charge in [0.2, 0.25) is 0 Å². The molecule has 1 aromatic heterocycles. The van der Waals surface area contributed by atoms with E-state index in [2.05, 4.69) is 20.9 Å². The highest BCUT2D eigenvalue weighted by Crippen LogP contribution is 2.39. The molecule has 0 spiro atoms. The smallest absolute Gasteiger partial charge is 0.199 e. The molecule has 9 heteroatoms. The molecule has 0 radical (unpaired) electrons.